The number of fused-ring (bicyclic) bond motifs is 1. The monoisotopic (exact) mass is 502 g/mol. The smallest absolute Gasteiger partial charge is 0.338 e. The first kappa shape index (κ1) is 23.5. The molecular weight excluding hydrogens is 483 g/mol. The van der Waals surface area contributed by atoms with Crippen molar-refractivity contribution in [2.24, 2.45) is 4.99 Å². The van der Waals surface area contributed by atoms with E-state index in [9.17, 15) is 14.0 Å². The fourth-order valence-electron chi connectivity index (χ4n) is 3.67. The summed E-state index contributed by atoms with van der Waals surface area (Å²) in [5.41, 5.74) is 1.28. The van der Waals surface area contributed by atoms with E-state index in [-0.39, 0.29) is 27.3 Å². The molecule has 0 fully saturated rings. The normalized spacial score (nSPS) is 15.9. The van der Waals surface area contributed by atoms with Gasteiger partial charge in [0, 0.05) is 10.5 Å². The van der Waals surface area contributed by atoms with E-state index in [0.29, 0.717) is 16.1 Å². The number of allylic oxidation sites excluding steroid dienone is 1. The molecule has 1 aliphatic rings. The molecule has 1 unspecified atom stereocenters. The van der Waals surface area contributed by atoms with Gasteiger partial charge in [-0.25, -0.2) is 14.2 Å². The number of nitrogens with zero attached hydrogens (tertiary/aromatic N) is 2. The van der Waals surface area contributed by atoms with E-state index in [2.05, 4.69) is 4.99 Å². The summed E-state index contributed by atoms with van der Waals surface area (Å²) in [4.78, 5) is 32.4. The fourth-order valence-corrected chi connectivity index (χ4v) is 5.33. The molecule has 170 valence electrons. The molecular formula is C24H20ClFN2O3S2. The zero-order chi connectivity index (χ0) is 23.7. The summed E-state index contributed by atoms with van der Waals surface area (Å²) in [7, 11) is 0. The van der Waals surface area contributed by atoms with Crippen LogP contribution >= 0.6 is 34.7 Å². The van der Waals surface area contributed by atoms with Gasteiger partial charge in [0.1, 0.15) is 5.82 Å². The first-order chi connectivity index (χ1) is 15.8. The van der Waals surface area contributed by atoms with Gasteiger partial charge in [0.25, 0.3) is 5.56 Å². The van der Waals surface area contributed by atoms with Gasteiger partial charge < -0.3 is 4.74 Å². The van der Waals surface area contributed by atoms with Crippen LogP contribution in [0.2, 0.25) is 5.02 Å². The van der Waals surface area contributed by atoms with Crippen LogP contribution < -0.4 is 14.9 Å². The number of esters is 1. The SMILES string of the molecule is CCOC(=O)C1=C(C)N=c2sc(=Cc3c(F)cccc3Cl)c(=O)n2C1c1ccc(SC)cc1. The molecule has 1 aliphatic heterocycles. The average molecular weight is 503 g/mol. The van der Waals surface area contributed by atoms with Gasteiger partial charge in [-0.15, -0.1) is 11.8 Å². The predicted molar refractivity (Wildman–Crippen MR) is 130 cm³/mol. The lowest BCUT2D eigenvalue weighted by atomic mass is 9.96. The molecule has 5 nitrogen and oxygen atoms in total. The molecule has 0 spiro atoms. The minimum Gasteiger partial charge on any atom is -0.463 e. The highest BCUT2D eigenvalue weighted by atomic mass is 35.5. The highest BCUT2D eigenvalue weighted by molar-refractivity contribution is 7.98. The van der Waals surface area contributed by atoms with Gasteiger partial charge in [-0.2, -0.15) is 0 Å². The molecule has 3 aromatic rings. The topological polar surface area (TPSA) is 60.7 Å². The van der Waals surface area contributed by atoms with E-state index < -0.39 is 17.8 Å². The lowest BCUT2D eigenvalue weighted by Crippen LogP contribution is -2.39. The Bertz CT molecular complexity index is 1420. The minimum atomic E-state index is -0.713. The maximum Gasteiger partial charge on any atom is 0.338 e. The summed E-state index contributed by atoms with van der Waals surface area (Å²) in [5.74, 6) is -1.05. The van der Waals surface area contributed by atoms with E-state index in [1.165, 1.54) is 22.8 Å². The van der Waals surface area contributed by atoms with Crippen LogP contribution in [0, 0.1) is 5.82 Å². The predicted octanol–water partition coefficient (Wildman–Crippen LogP) is 4.31. The van der Waals surface area contributed by atoms with Crippen molar-refractivity contribution in [2.75, 3.05) is 12.9 Å². The minimum absolute atomic E-state index is 0.131. The molecule has 1 aromatic heterocycles. The Hall–Kier alpha value is -2.68. The molecule has 4 rings (SSSR count). The quantitative estimate of drug-likeness (QED) is 0.385. The fraction of sp³-hybridized carbons (Fsp3) is 0.208. The van der Waals surface area contributed by atoms with Crippen molar-refractivity contribution in [1.82, 2.24) is 4.57 Å². The number of hydrogen-bond acceptors (Lipinski definition) is 6. The van der Waals surface area contributed by atoms with Gasteiger partial charge in [-0.3, -0.25) is 9.36 Å². The first-order valence-electron chi connectivity index (χ1n) is 10.1. The molecule has 33 heavy (non-hydrogen) atoms. The molecule has 0 amide bonds. The van der Waals surface area contributed by atoms with Crippen LogP contribution in [-0.2, 0) is 9.53 Å². The molecule has 2 heterocycles. The first-order valence-corrected chi connectivity index (χ1v) is 12.5. The van der Waals surface area contributed by atoms with Crippen LogP contribution in [0.3, 0.4) is 0 Å². The number of aromatic nitrogens is 1. The Labute approximate surface area is 202 Å². The number of carbonyl (C=O) groups excluding carboxylic acids is 1. The lowest BCUT2D eigenvalue weighted by Gasteiger charge is -2.24. The summed E-state index contributed by atoms with van der Waals surface area (Å²) in [6.45, 7) is 3.65. The number of benzene rings is 2. The van der Waals surface area contributed by atoms with Gasteiger partial charge in [-0.1, -0.05) is 41.1 Å². The molecule has 0 bridgehead atoms. The van der Waals surface area contributed by atoms with Crippen LogP contribution in [0.5, 0.6) is 0 Å². The number of carbonyl (C=O) groups is 1. The zero-order valence-electron chi connectivity index (χ0n) is 18.1. The maximum atomic E-state index is 14.4. The van der Waals surface area contributed by atoms with Gasteiger partial charge in [0.05, 0.1) is 33.5 Å². The van der Waals surface area contributed by atoms with Crippen molar-refractivity contribution in [3.05, 3.63) is 95.4 Å². The summed E-state index contributed by atoms with van der Waals surface area (Å²) < 4.78 is 21.4. The van der Waals surface area contributed by atoms with Crippen molar-refractivity contribution in [1.29, 1.82) is 0 Å². The summed E-state index contributed by atoms with van der Waals surface area (Å²) >= 11 is 8.88. The van der Waals surface area contributed by atoms with E-state index in [1.807, 2.05) is 30.5 Å². The van der Waals surface area contributed by atoms with Gasteiger partial charge in [0.15, 0.2) is 4.80 Å². The molecule has 0 radical (unpaired) electrons. The van der Waals surface area contributed by atoms with Crippen LogP contribution in [0.25, 0.3) is 6.08 Å². The number of ether oxygens (including phenoxy) is 1. The summed E-state index contributed by atoms with van der Waals surface area (Å²) in [6.07, 6.45) is 3.40. The molecule has 9 heteroatoms. The number of halogens is 2. The van der Waals surface area contributed by atoms with E-state index in [4.69, 9.17) is 16.3 Å². The molecule has 0 saturated heterocycles. The molecule has 2 aromatic carbocycles. The van der Waals surface area contributed by atoms with Crippen molar-refractivity contribution < 1.29 is 13.9 Å². The number of thioether (sulfide) groups is 1. The standard InChI is InChI=1S/C24H20ClFN2O3S2/c1-4-31-23(30)20-13(2)27-24-28(21(20)14-8-10-15(32-3)11-9-14)22(29)19(33-24)12-16-17(25)6-5-7-18(16)26/h5-12,21H,4H2,1-3H3. The van der Waals surface area contributed by atoms with Crippen LogP contribution in [0.4, 0.5) is 4.39 Å². The lowest BCUT2D eigenvalue weighted by molar-refractivity contribution is -0.139. The molecule has 0 saturated carbocycles. The average Bonchev–Trinajstić information content (AvgIpc) is 3.10. The van der Waals surface area contributed by atoms with Gasteiger partial charge in [0.2, 0.25) is 0 Å². The summed E-state index contributed by atoms with van der Waals surface area (Å²) in [6, 6.07) is 11.3. The van der Waals surface area contributed by atoms with Crippen molar-refractivity contribution in [2.45, 2.75) is 24.8 Å². The Kier molecular flexibility index (Phi) is 6.88. The van der Waals surface area contributed by atoms with Crippen molar-refractivity contribution in [3.63, 3.8) is 0 Å². The van der Waals surface area contributed by atoms with Crippen LogP contribution in [0.15, 0.2) is 68.4 Å². The number of rotatable bonds is 5. The van der Waals surface area contributed by atoms with Gasteiger partial charge >= 0.3 is 5.97 Å². The largest absolute Gasteiger partial charge is 0.463 e. The Morgan fingerprint density at radius 3 is 2.67 bits per heavy atom. The Balaban J connectivity index is 1.97. The van der Waals surface area contributed by atoms with Gasteiger partial charge in [-0.05, 0) is 56.0 Å². The highest BCUT2D eigenvalue weighted by Gasteiger charge is 2.33. The van der Waals surface area contributed by atoms with E-state index >= 15 is 0 Å². The third-order valence-electron chi connectivity index (χ3n) is 5.22. The van der Waals surface area contributed by atoms with E-state index in [1.54, 1.807) is 31.7 Å². The molecule has 1 atom stereocenters. The van der Waals surface area contributed by atoms with E-state index in [0.717, 1.165) is 21.8 Å². The van der Waals surface area contributed by atoms with Crippen LogP contribution in [-0.4, -0.2) is 23.4 Å². The number of hydrogen-bond donors (Lipinski definition) is 0. The van der Waals surface area contributed by atoms with Crippen LogP contribution in [0.1, 0.15) is 31.0 Å². The Morgan fingerprint density at radius 1 is 1.30 bits per heavy atom. The zero-order valence-corrected chi connectivity index (χ0v) is 20.5. The second-order valence-electron chi connectivity index (χ2n) is 7.21. The maximum absolute atomic E-state index is 14.4. The van der Waals surface area contributed by atoms with Crippen molar-refractivity contribution >= 4 is 46.7 Å². The second-order valence-corrected chi connectivity index (χ2v) is 9.51. The highest BCUT2D eigenvalue weighted by Crippen LogP contribution is 2.31. The Morgan fingerprint density at radius 2 is 2.03 bits per heavy atom. The second kappa shape index (κ2) is 9.67. The van der Waals surface area contributed by atoms with Crippen molar-refractivity contribution in [3.8, 4) is 0 Å². The third kappa shape index (κ3) is 4.43. The molecule has 0 aliphatic carbocycles. The molecule has 0 N–H and O–H groups in total. The summed E-state index contributed by atoms with van der Waals surface area (Å²) in [5, 5.41) is 0.202. The third-order valence-corrected chi connectivity index (χ3v) is 7.28. The number of thiazole rings is 1.